The molecule has 0 bridgehead atoms. The smallest absolute Gasteiger partial charge is 0.336 e. The van der Waals surface area contributed by atoms with E-state index in [1.807, 2.05) is 31.2 Å². The van der Waals surface area contributed by atoms with Crippen molar-refractivity contribution < 1.29 is 19.1 Å². The van der Waals surface area contributed by atoms with Crippen molar-refractivity contribution >= 4 is 11.8 Å². The predicted molar refractivity (Wildman–Crippen MR) is 89.4 cm³/mol. The zero-order chi connectivity index (χ0) is 17.3. The molecule has 5 nitrogen and oxygen atoms in total. The maximum absolute atomic E-state index is 12.6. The van der Waals surface area contributed by atoms with E-state index in [2.05, 4.69) is 11.4 Å². The standard InChI is InChI=1S/C19H21NO4/c1-11-16(19(22)24-3)17(12-6-4-7-13(10-12)23-2)18-14(20-11)8-5-9-15(18)21/h4,6-8,10,17-18,20H,5,9H2,1-3H3. The Morgan fingerprint density at radius 1 is 1.25 bits per heavy atom. The number of hydrogen-bond acceptors (Lipinski definition) is 5. The van der Waals surface area contributed by atoms with Gasteiger partial charge in [-0.25, -0.2) is 4.79 Å². The zero-order valence-electron chi connectivity index (χ0n) is 14.1. The number of methoxy groups -OCH3 is 2. The van der Waals surface area contributed by atoms with E-state index >= 15 is 0 Å². The summed E-state index contributed by atoms with van der Waals surface area (Å²) in [4.78, 5) is 25.1. The molecule has 5 heteroatoms. The lowest BCUT2D eigenvalue weighted by Gasteiger charge is -2.37. The summed E-state index contributed by atoms with van der Waals surface area (Å²) in [6, 6.07) is 7.52. The molecular formula is C19H21NO4. The fraction of sp³-hybridized carbons (Fsp3) is 0.368. The van der Waals surface area contributed by atoms with E-state index in [0.29, 0.717) is 17.7 Å². The highest BCUT2D eigenvalue weighted by Gasteiger charge is 2.43. The Bertz CT molecular complexity index is 747. The lowest BCUT2D eigenvalue weighted by molar-refractivity contribution is -0.136. The fourth-order valence-corrected chi connectivity index (χ4v) is 3.59. The number of ether oxygens (including phenoxy) is 2. The van der Waals surface area contributed by atoms with Crippen molar-refractivity contribution in [3.63, 3.8) is 0 Å². The Morgan fingerprint density at radius 3 is 2.75 bits per heavy atom. The molecule has 0 aromatic heterocycles. The minimum absolute atomic E-state index is 0.140. The van der Waals surface area contributed by atoms with Gasteiger partial charge in [-0.3, -0.25) is 4.79 Å². The number of Topliss-reactive ketones (excluding diaryl/α,β-unsaturated/α-hetero) is 1. The average Bonchev–Trinajstić information content (AvgIpc) is 2.60. The van der Waals surface area contributed by atoms with Crippen LogP contribution in [0.2, 0.25) is 0 Å². The van der Waals surface area contributed by atoms with Crippen LogP contribution in [0.25, 0.3) is 0 Å². The van der Waals surface area contributed by atoms with Crippen molar-refractivity contribution in [2.75, 3.05) is 14.2 Å². The van der Waals surface area contributed by atoms with Crippen LogP contribution in [0.3, 0.4) is 0 Å². The highest BCUT2D eigenvalue weighted by molar-refractivity contribution is 5.96. The van der Waals surface area contributed by atoms with Crippen molar-refractivity contribution in [1.29, 1.82) is 0 Å². The first-order chi connectivity index (χ1) is 11.6. The average molecular weight is 327 g/mol. The maximum atomic E-state index is 12.6. The van der Waals surface area contributed by atoms with Crippen LogP contribution in [-0.2, 0) is 14.3 Å². The minimum Gasteiger partial charge on any atom is -0.497 e. The molecule has 24 heavy (non-hydrogen) atoms. The van der Waals surface area contributed by atoms with Gasteiger partial charge in [0, 0.05) is 23.7 Å². The molecule has 1 aromatic carbocycles. The van der Waals surface area contributed by atoms with Crippen LogP contribution < -0.4 is 10.1 Å². The van der Waals surface area contributed by atoms with Crippen LogP contribution >= 0.6 is 0 Å². The first kappa shape index (κ1) is 16.3. The number of esters is 1. The molecule has 0 amide bonds. The van der Waals surface area contributed by atoms with E-state index in [9.17, 15) is 9.59 Å². The maximum Gasteiger partial charge on any atom is 0.336 e. The number of carbonyl (C=O) groups excluding carboxylic acids is 2. The molecule has 1 heterocycles. The number of benzene rings is 1. The number of hydrogen-bond donors (Lipinski definition) is 1. The molecule has 2 atom stereocenters. The zero-order valence-corrected chi connectivity index (χ0v) is 14.1. The molecule has 2 aliphatic rings. The highest BCUT2D eigenvalue weighted by atomic mass is 16.5. The molecule has 0 spiro atoms. The molecule has 1 N–H and O–H groups in total. The normalized spacial score (nSPS) is 23.1. The van der Waals surface area contributed by atoms with Crippen molar-refractivity contribution in [2.24, 2.45) is 5.92 Å². The van der Waals surface area contributed by atoms with Gasteiger partial charge in [0.25, 0.3) is 0 Å². The number of ketones is 1. The van der Waals surface area contributed by atoms with Gasteiger partial charge >= 0.3 is 5.97 Å². The molecule has 3 rings (SSSR count). The first-order valence-electron chi connectivity index (χ1n) is 7.99. The van der Waals surface area contributed by atoms with Gasteiger partial charge in [0.2, 0.25) is 0 Å². The molecule has 0 saturated carbocycles. The predicted octanol–water partition coefficient (Wildman–Crippen LogP) is 2.69. The Hall–Kier alpha value is -2.56. The van der Waals surface area contributed by atoms with Crippen LogP contribution in [0.5, 0.6) is 5.75 Å². The summed E-state index contributed by atoms with van der Waals surface area (Å²) in [6.45, 7) is 1.84. The molecule has 0 saturated heterocycles. The summed E-state index contributed by atoms with van der Waals surface area (Å²) in [6.07, 6.45) is 3.27. The second-order valence-corrected chi connectivity index (χ2v) is 6.05. The lowest BCUT2D eigenvalue weighted by Crippen LogP contribution is -2.40. The monoisotopic (exact) mass is 327 g/mol. The Balaban J connectivity index is 2.19. The van der Waals surface area contributed by atoms with Gasteiger partial charge in [0.15, 0.2) is 0 Å². The Kier molecular flexibility index (Phi) is 4.42. The van der Waals surface area contributed by atoms with E-state index in [1.165, 1.54) is 7.11 Å². The molecule has 1 aliphatic carbocycles. The van der Waals surface area contributed by atoms with Crippen molar-refractivity contribution in [2.45, 2.75) is 25.7 Å². The Morgan fingerprint density at radius 2 is 2.04 bits per heavy atom. The number of rotatable bonds is 3. The van der Waals surface area contributed by atoms with Gasteiger partial charge in [0.1, 0.15) is 11.5 Å². The summed E-state index contributed by atoms with van der Waals surface area (Å²) < 4.78 is 10.3. The third-order valence-corrected chi connectivity index (χ3v) is 4.68. The van der Waals surface area contributed by atoms with Gasteiger partial charge in [-0.1, -0.05) is 18.2 Å². The molecule has 126 valence electrons. The fourth-order valence-electron chi connectivity index (χ4n) is 3.59. The summed E-state index contributed by atoms with van der Waals surface area (Å²) >= 11 is 0. The summed E-state index contributed by atoms with van der Waals surface area (Å²) in [5, 5.41) is 3.23. The topological polar surface area (TPSA) is 64.6 Å². The van der Waals surface area contributed by atoms with Crippen LogP contribution in [0.4, 0.5) is 0 Å². The van der Waals surface area contributed by atoms with Crippen molar-refractivity contribution in [3.8, 4) is 5.75 Å². The first-order valence-corrected chi connectivity index (χ1v) is 7.99. The minimum atomic E-state index is -0.412. The highest BCUT2D eigenvalue weighted by Crippen LogP contribution is 2.44. The second-order valence-electron chi connectivity index (χ2n) is 6.05. The largest absolute Gasteiger partial charge is 0.497 e. The van der Waals surface area contributed by atoms with Gasteiger partial charge in [-0.2, -0.15) is 0 Å². The molecule has 0 radical (unpaired) electrons. The van der Waals surface area contributed by atoms with Gasteiger partial charge < -0.3 is 14.8 Å². The van der Waals surface area contributed by atoms with Crippen LogP contribution in [-0.4, -0.2) is 26.0 Å². The SMILES string of the molecule is COC(=O)C1=C(C)NC2=CCCC(=O)C2C1c1cccc(OC)c1. The lowest BCUT2D eigenvalue weighted by atomic mass is 9.71. The van der Waals surface area contributed by atoms with E-state index in [0.717, 1.165) is 23.4 Å². The number of fused-ring (bicyclic) bond motifs is 1. The van der Waals surface area contributed by atoms with Gasteiger partial charge in [0.05, 0.1) is 25.7 Å². The summed E-state index contributed by atoms with van der Waals surface area (Å²) in [5.74, 6) is -0.329. The Labute approximate surface area is 141 Å². The second kappa shape index (κ2) is 6.51. The van der Waals surface area contributed by atoms with Gasteiger partial charge in [-0.15, -0.1) is 0 Å². The van der Waals surface area contributed by atoms with Crippen molar-refractivity contribution in [3.05, 3.63) is 52.9 Å². The quantitative estimate of drug-likeness (QED) is 0.865. The van der Waals surface area contributed by atoms with E-state index in [4.69, 9.17) is 9.47 Å². The molecule has 1 aromatic rings. The van der Waals surface area contributed by atoms with E-state index in [-0.39, 0.29) is 17.6 Å². The third-order valence-electron chi connectivity index (χ3n) is 4.68. The molecule has 1 aliphatic heterocycles. The number of allylic oxidation sites excluding steroid dienone is 3. The molecular weight excluding hydrogens is 306 g/mol. The van der Waals surface area contributed by atoms with Gasteiger partial charge in [-0.05, 0) is 31.0 Å². The van der Waals surface area contributed by atoms with E-state index in [1.54, 1.807) is 7.11 Å². The third kappa shape index (κ3) is 2.70. The van der Waals surface area contributed by atoms with Crippen LogP contribution in [0.15, 0.2) is 47.3 Å². The summed E-state index contributed by atoms with van der Waals surface area (Å²) in [5.41, 5.74) is 2.99. The summed E-state index contributed by atoms with van der Waals surface area (Å²) in [7, 11) is 2.96. The van der Waals surface area contributed by atoms with Crippen LogP contribution in [0.1, 0.15) is 31.2 Å². The van der Waals surface area contributed by atoms with Crippen molar-refractivity contribution in [1.82, 2.24) is 5.32 Å². The number of nitrogens with one attached hydrogen (secondary N) is 1. The van der Waals surface area contributed by atoms with E-state index < -0.39 is 5.97 Å². The van der Waals surface area contributed by atoms with Crippen LogP contribution in [0, 0.1) is 5.92 Å². The molecule has 2 unspecified atom stereocenters. The molecule has 0 fully saturated rings. The number of carbonyl (C=O) groups is 2.